The maximum Gasteiger partial charge on any atom is 0.147 e. The van der Waals surface area contributed by atoms with Gasteiger partial charge in [-0.25, -0.2) is 0 Å². The van der Waals surface area contributed by atoms with Crippen LogP contribution in [0.3, 0.4) is 0 Å². The van der Waals surface area contributed by atoms with Crippen LogP contribution in [0.4, 0.5) is 0 Å². The highest BCUT2D eigenvalue weighted by atomic mass is 79.9. The van der Waals surface area contributed by atoms with Gasteiger partial charge in [0.05, 0.1) is 16.5 Å². The van der Waals surface area contributed by atoms with E-state index in [0.29, 0.717) is 5.56 Å². The Morgan fingerprint density at radius 1 is 1.54 bits per heavy atom. The van der Waals surface area contributed by atoms with Crippen molar-refractivity contribution in [3.05, 3.63) is 35.4 Å². The number of halogens is 1. The number of carbonyl (C=O) groups excluding carboxylic acids is 1. The molecule has 1 aromatic rings. The van der Waals surface area contributed by atoms with Gasteiger partial charge in [0.15, 0.2) is 0 Å². The average Bonchev–Trinajstić information content (AvgIpc) is 2.16. The third-order valence-corrected chi connectivity index (χ3v) is 2.85. The fourth-order valence-corrected chi connectivity index (χ4v) is 1.44. The lowest BCUT2D eigenvalue weighted by Gasteiger charge is -2.07. The number of nitrogens with zero attached hydrogens (tertiary/aromatic N) is 1. The number of rotatable bonds is 2. The summed E-state index contributed by atoms with van der Waals surface area (Å²) in [6.45, 7) is 1.49. The summed E-state index contributed by atoms with van der Waals surface area (Å²) in [6.07, 6.45) is 0. The van der Waals surface area contributed by atoms with E-state index in [1.165, 1.54) is 6.92 Å². The van der Waals surface area contributed by atoms with Crippen molar-refractivity contribution in [3.63, 3.8) is 0 Å². The summed E-state index contributed by atoms with van der Waals surface area (Å²) in [5.41, 5.74) is 1.28. The van der Waals surface area contributed by atoms with Gasteiger partial charge in [-0.1, -0.05) is 34.1 Å². The van der Waals surface area contributed by atoms with Gasteiger partial charge in [-0.15, -0.1) is 0 Å². The molecule has 0 radical (unpaired) electrons. The predicted octanol–water partition coefficient (Wildman–Crippen LogP) is 2.58. The zero-order valence-electron chi connectivity index (χ0n) is 7.12. The number of nitriles is 1. The van der Waals surface area contributed by atoms with E-state index in [2.05, 4.69) is 15.9 Å². The fraction of sp³-hybridized carbons (Fsp3) is 0.200. The quantitative estimate of drug-likeness (QED) is 0.743. The van der Waals surface area contributed by atoms with Gasteiger partial charge in [-0.2, -0.15) is 5.26 Å². The highest BCUT2D eigenvalue weighted by Crippen LogP contribution is 2.26. The lowest BCUT2D eigenvalue weighted by atomic mass is 10.0. The standard InChI is InChI=1S/C10H8BrNO/c1-7(13)10(11)9-5-3-2-4-8(9)6-12/h2-5,10H,1H3. The summed E-state index contributed by atoms with van der Waals surface area (Å²) in [5.74, 6) is 0.00250. The Kier molecular flexibility index (Phi) is 3.21. The van der Waals surface area contributed by atoms with E-state index < -0.39 is 0 Å². The molecule has 1 atom stereocenters. The molecule has 66 valence electrons. The lowest BCUT2D eigenvalue weighted by Crippen LogP contribution is -2.02. The van der Waals surface area contributed by atoms with Gasteiger partial charge in [0.2, 0.25) is 0 Å². The number of ketones is 1. The molecular weight excluding hydrogens is 230 g/mol. The first-order valence-corrected chi connectivity index (χ1v) is 4.72. The molecule has 0 spiro atoms. The third kappa shape index (κ3) is 2.16. The highest BCUT2D eigenvalue weighted by Gasteiger charge is 2.15. The Hall–Kier alpha value is -1.14. The fourth-order valence-electron chi connectivity index (χ4n) is 1.04. The molecule has 2 nitrogen and oxygen atoms in total. The minimum absolute atomic E-state index is 0.00250. The minimum atomic E-state index is -0.372. The Morgan fingerprint density at radius 2 is 2.15 bits per heavy atom. The van der Waals surface area contributed by atoms with Crippen LogP contribution in [0.2, 0.25) is 0 Å². The Bertz CT molecular complexity index is 367. The van der Waals surface area contributed by atoms with Crippen LogP contribution in [0.5, 0.6) is 0 Å². The van der Waals surface area contributed by atoms with E-state index in [1.54, 1.807) is 18.2 Å². The molecule has 0 aliphatic rings. The van der Waals surface area contributed by atoms with Gasteiger partial charge in [-0.3, -0.25) is 4.79 Å². The zero-order valence-corrected chi connectivity index (χ0v) is 8.71. The van der Waals surface area contributed by atoms with E-state index in [0.717, 1.165) is 5.56 Å². The van der Waals surface area contributed by atoms with Crippen molar-refractivity contribution < 1.29 is 4.79 Å². The molecule has 1 aromatic carbocycles. The lowest BCUT2D eigenvalue weighted by molar-refractivity contribution is -0.116. The topological polar surface area (TPSA) is 40.9 Å². The summed E-state index contributed by atoms with van der Waals surface area (Å²) in [5, 5.41) is 8.77. The molecule has 1 rings (SSSR count). The molecule has 13 heavy (non-hydrogen) atoms. The molecular formula is C10H8BrNO. The monoisotopic (exact) mass is 237 g/mol. The third-order valence-electron chi connectivity index (χ3n) is 1.71. The maximum atomic E-state index is 11.1. The molecule has 0 heterocycles. The number of carbonyl (C=O) groups is 1. The molecule has 0 amide bonds. The summed E-state index contributed by atoms with van der Waals surface area (Å²) < 4.78 is 0. The molecule has 0 aliphatic carbocycles. The largest absolute Gasteiger partial charge is 0.298 e. The van der Waals surface area contributed by atoms with Crippen LogP contribution >= 0.6 is 15.9 Å². The number of hydrogen-bond acceptors (Lipinski definition) is 2. The first kappa shape index (κ1) is 9.94. The van der Waals surface area contributed by atoms with E-state index in [4.69, 9.17) is 5.26 Å². The second kappa shape index (κ2) is 4.20. The van der Waals surface area contributed by atoms with Crippen molar-refractivity contribution in [1.29, 1.82) is 5.26 Å². The molecule has 0 N–H and O–H groups in total. The van der Waals surface area contributed by atoms with Gasteiger partial charge in [-0.05, 0) is 18.6 Å². The first-order valence-electron chi connectivity index (χ1n) is 3.80. The van der Waals surface area contributed by atoms with Gasteiger partial charge in [0.25, 0.3) is 0 Å². The normalized spacial score (nSPS) is 11.8. The van der Waals surface area contributed by atoms with Crippen molar-refractivity contribution in [2.45, 2.75) is 11.8 Å². The van der Waals surface area contributed by atoms with Crippen LogP contribution < -0.4 is 0 Å². The number of alkyl halides is 1. The van der Waals surface area contributed by atoms with Crippen LogP contribution in [0, 0.1) is 11.3 Å². The molecule has 0 saturated heterocycles. The van der Waals surface area contributed by atoms with Crippen LogP contribution in [0.15, 0.2) is 24.3 Å². The van der Waals surface area contributed by atoms with Crippen molar-refractivity contribution in [1.82, 2.24) is 0 Å². The SMILES string of the molecule is CC(=O)C(Br)c1ccccc1C#N. The van der Waals surface area contributed by atoms with Crippen molar-refractivity contribution >= 4 is 21.7 Å². The Morgan fingerprint density at radius 3 is 2.69 bits per heavy atom. The van der Waals surface area contributed by atoms with Crippen LogP contribution in [-0.4, -0.2) is 5.78 Å². The molecule has 3 heteroatoms. The van der Waals surface area contributed by atoms with E-state index in [-0.39, 0.29) is 10.6 Å². The molecule has 0 saturated carbocycles. The van der Waals surface area contributed by atoms with Gasteiger partial charge in [0, 0.05) is 0 Å². The van der Waals surface area contributed by atoms with E-state index in [9.17, 15) is 4.79 Å². The van der Waals surface area contributed by atoms with Gasteiger partial charge < -0.3 is 0 Å². The minimum Gasteiger partial charge on any atom is -0.298 e. The van der Waals surface area contributed by atoms with Crippen molar-refractivity contribution in [3.8, 4) is 6.07 Å². The Balaban J connectivity index is 3.15. The first-order chi connectivity index (χ1) is 6.16. The van der Waals surface area contributed by atoms with Crippen molar-refractivity contribution in [2.75, 3.05) is 0 Å². The Labute approximate surface area is 85.3 Å². The van der Waals surface area contributed by atoms with Gasteiger partial charge >= 0.3 is 0 Å². The summed E-state index contributed by atoms with van der Waals surface area (Å²) >= 11 is 3.24. The van der Waals surface area contributed by atoms with Crippen LogP contribution in [-0.2, 0) is 4.79 Å². The summed E-state index contributed by atoms with van der Waals surface area (Å²) in [6, 6.07) is 9.12. The van der Waals surface area contributed by atoms with Gasteiger partial charge in [0.1, 0.15) is 5.78 Å². The predicted molar refractivity (Wildman–Crippen MR) is 53.5 cm³/mol. The molecule has 0 aliphatic heterocycles. The smallest absolute Gasteiger partial charge is 0.147 e. The van der Waals surface area contributed by atoms with Crippen LogP contribution in [0.25, 0.3) is 0 Å². The molecule has 0 fully saturated rings. The van der Waals surface area contributed by atoms with E-state index in [1.807, 2.05) is 12.1 Å². The molecule has 0 bridgehead atoms. The highest BCUT2D eigenvalue weighted by molar-refractivity contribution is 9.09. The second-order valence-electron chi connectivity index (χ2n) is 2.67. The molecule has 1 unspecified atom stereocenters. The second-order valence-corrected chi connectivity index (χ2v) is 3.59. The maximum absolute atomic E-state index is 11.1. The molecule has 0 aromatic heterocycles. The average molecular weight is 238 g/mol. The van der Waals surface area contributed by atoms with Crippen LogP contribution in [0.1, 0.15) is 22.9 Å². The number of hydrogen-bond donors (Lipinski definition) is 0. The number of Topliss-reactive ketones (excluding diaryl/α,β-unsaturated/α-hetero) is 1. The summed E-state index contributed by atoms with van der Waals surface area (Å²) in [4.78, 5) is 10.7. The van der Waals surface area contributed by atoms with Crippen molar-refractivity contribution in [2.24, 2.45) is 0 Å². The zero-order chi connectivity index (χ0) is 9.84. The van der Waals surface area contributed by atoms with E-state index >= 15 is 0 Å². The summed E-state index contributed by atoms with van der Waals surface area (Å²) in [7, 11) is 0. The number of benzene rings is 1.